The first-order valence-corrected chi connectivity index (χ1v) is 8.53. The summed E-state index contributed by atoms with van der Waals surface area (Å²) in [6.07, 6.45) is 5.26. The molecule has 134 valence electrons. The number of pyridine rings is 2. The molecule has 0 spiro atoms. The summed E-state index contributed by atoms with van der Waals surface area (Å²) in [4.78, 5) is 27.6. The maximum Gasteiger partial charge on any atom is 0.254 e. The van der Waals surface area contributed by atoms with Crippen molar-refractivity contribution in [2.75, 3.05) is 13.6 Å². The second-order valence-electron chi connectivity index (χ2n) is 6.14. The molecule has 0 unspecified atom stereocenters. The van der Waals surface area contributed by atoms with E-state index in [2.05, 4.69) is 15.1 Å². The van der Waals surface area contributed by atoms with Crippen LogP contribution in [0, 0.1) is 0 Å². The highest BCUT2D eigenvalue weighted by Gasteiger charge is 2.18. The van der Waals surface area contributed by atoms with E-state index in [4.69, 9.17) is 9.51 Å². The van der Waals surface area contributed by atoms with Crippen molar-refractivity contribution in [2.45, 2.75) is 6.42 Å². The molecule has 3 heterocycles. The van der Waals surface area contributed by atoms with Gasteiger partial charge >= 0.3 is 0 Å². The fourth-order valence-corrected chi connectivity index (χ4v) is 2.89. The van der Waals surface area contributed by atoms with E-state index in [0.29, 0.717) is 24.4 Å². The summed E-state index contributed by atoms with van der Waals surface area (Å²) in [5, 5.41) is 4.60. The molecule has 27 heavy (non-hydrogen) atoms. The zero-order valence-corrected chi connectivity index (χ0v) is 14.7. The molecule has 1 amide bonds. The monoisotopic (exact) mass is 359 g/mol. The van der Waals surface area contributed by atoms with E-state index in [0.717, 1.165) is 22.2 Å². The third-order valence-electron chi connectivity index (χ3n) is 4.33. The highest BCUT2D eigenvalue weighted by molar-refractivity contribution is 6.07. The molecule has 0 aliphatic carbocycles. The number of carbonyl (C=O) groups is 1. The summed E-state index contributed by atoms with van der Waals surface area (Å²) in [6.45, 7) is 0.483. The molecule has 0 saturated carbocycles. The standard InChI is InChI=1S/C20H17N5O2/c1-25(10-8-19-22-13-27-24-19)20(26)16-11-18(14-5-4-9-21-12-14)23-17-7-3-2-6-15(16)17/h2-7,9,11-13H,8,10H2,1H3. The summed E-state index contributed by atoms with van der Waals surface area (Å²) in [5.41, 5.74) is 2.97. The van der Waals surface area contributed by atoms with E-state index in [1.807, 2.05) is 42.5 Å². The SMILES string of the molecule is CN(CCc1ncon1)C(=O)c1cc(-c2cccnc2)nc2ccccc12. The molecule has 7 nitrogen and oxygen atoms in total. The number of rotatable bonds is 5. The Morgan fingerprint density at radius 2 is 2.07 bits per heavy atom. The lowest BCUT2D eigenvalue weighted by Gasteiger charge is -2.18. The average molecular weight is 359 g/mol. The fourth-order valence-electron chi connectivity index (χ4n) is 2.89. The molecule has 0 N–H and O–H groups in total. The van der Waals surface area contributed by atoms with Crippen LogP contribution in [-0.2, 0) is 6.42 Å². The van der Waals surface area contributed by atoms with Gasteiger partial charge in [0.15, 0.2) is 5.82 Å². The minimum absolute atomic E-state index is 0.0813. The topological polar surface area (TPSA) is 85.0 Å². The third-order valence-corrected chi connectivity index (χ3v) is 4.33. The van der Waals surface area contributed by atoms with Crippen molar-refractivity contribution in [1.29, 1.82) is 0 Å². The quantitative estimate of drug-likeness (QED) is 0.544. The molecule has 0 atom stereocenters. The first kappa shape index (κ1) is 16.8. The van der Waals surface area contributed by atoms with Crippen molar-refractivity contribution in [3.63, 3.8) is 0 Å². The van der Waals surface area contributed by atoms with E-state index >= 15 is 0 Å². The molecule has 0 aliphatic rings. The van der Waals surface area contributed by atoms with Gasteiger partial charge < -0.3 is 9.42 Å². The molecule has 0 fully saturated rings. The zero-order chi connectivity index (χ0) is 18.6. The third kappa shape index (κ3) is 3.52. The van der Waals surface area contributed by atoms with Crippen molar-refractivity contribution in [1.82, 2.24) is 25.0 Å². The number of amides is 1. The molecule has 1 aromatic carbocycles. The summed E-state index contributed by atoms with van der Waals surface area (Å²) >= 11 is 0. The summed E-state index contributed by atoms with van der Waals surface area (Å²) in [7, 11) is 1.77. The Morgan fingerprint density at radius 3 is 2.85 bits per heavy atom. The van der Waals surface area contributed by atoms with Crippen LogP contribution in [-0.4, -0.2) is 44.5 Å². The highest BCUT2D eigenvalue weighted by Crippen LogP contribution is 2.25. The molecular weight excluding hydrogens is 342 g/mol. The van der Waals surface area contributed by atoms with Crippen molar-refractivity contribution in [2.24, 2.45) is 0 Å². The second-order valence-corrected chi connectivity index (χ2v) is 6.14. The van der Waals surface area contributed by atoms with Crippen molar-refractivity contribution in [3.8, 4) is 11.3 Å². The normalized spacial score (nSPS) is 10.9. The van der Waals surface area contributed by atoms with Gasteiger partial charge in [-0.1, -0.05) is 23.4 Å². The maximum absolute atomic E-state index is 13.1. The van der Waals surface area contributed by atoms with Gasteiger partial charge in [0.1, 0.15) is 0 Å². The van der Waals surface area contributed by atoms with Crippen LogP contribution in [0.3, 0.4) is 0 Å². The van der Waals surface area contributed by atoms with Gasteiger partial charge in [0.05, 0.1) is 16.8 Å². The van der Waals surface area contributed by atoms with Crippen LogP contribution in [0.4, 0.5) is 0 Å². The van der Waals surface area contributed by atoms with Gasteiger partial charge in [-0.25, -0.2) is 4.98 Å². The average Bonchev–Trinajstić information content (AvgIpc) is 3.25. The lowest BCUT2D eigenvalue weighted by molar-refractivity contribution is 0.0797. The fraction of sp³-hybridized carbons (Fsp3) is 0.150. The van der Waals surface area contributed by atoms with Crippen LogP contribution in [0.15, 0.2) is 65.8 Å². The molecule has 0 saturated heterocycles. The number of nitrogens with zero attached hydrogens (tertiary/aromatic N) is 5. The summed E-state index contributed by atoms with van der Waals surface area (Å²) in [5.74, 6) is 0.493. The van der Waals surface area contributed by atoms with Crippen LogP contribution >= 0.6 is 0 Å². The molecular formula is C20H17N5O2. The number of fused-ring (bicyclic) bond motifs is 1. The largest absolute Gasteiger partial charge is 0.343 e. The Labute approximate surface area is 155 Å². The van der Waals surface area contributed by atoms with Gasteiger partial charge in [0, 0.05) is 43.4 Å². The lowest BCUT2D eigenvalue weighted by Crippen LogP contribution is -2.29. The van der Waals surface area contributed by atoms with Gasteiger partial charge in [-0.2, -0.15) is 4.98 Å². The number of hydrogen-bond donors (Lipinski definition) is 0. The molecule has 0 bridgehead atoms. The molecule has 3 aromatic heterocycles. The minimum atomic E-state index is -0.0813. The minimum Gasteiger partial charge on any atom is -0.343 e. The van der Waals surface area contributed by atoms with Crippen LogP contribution in [0.2, 0.25) is 0 Å². The van der Waals surface area contributed by atoms with Gasteiger partial charge in [-0.15, -0.1) is 0 Å². The van der Waals surface area contributed by atoms with Crippen molar-refractivity contribution >= 4 is 16.8 Å². The van der Waals surface area contributed by atoms with Gasteiger partial charge in [-0.3, -0.25) is 9.78 Å². The Balaban J connectivity index is 1.69. The predicted molar refractivity (Wildman–Crippen MR) is 99.9 cm³/mol. The number of benzene rings is 1. The Kier molecular flexibility index (Phi) is 4.57. The van der Waals surface area contributed by atoms with Crippen LogP contribution in [0.25, 0.3) is 22.2 Å². The zero-order valence-electron chi connectivity index (χ0n) is 14.7. The number of hydrogen-bond acceptors (Lipinski definition) is 6. The van der Waals surface area contributed by atoms with Gasteiger partial charge in [0.25, 0.3) is 5.91 Å². The Hall–Kier alpha value is -3.61. The molecule has 4 aromatic rings. The molecule has 7 heteroatoms. The first-order valence-electron chi connectivity index (χ1n) is 8.53. The van der Waals surface area contributed by atoms with E-state index in [1.165, 1.54) is 6.39 Å². The van der Waals surface area contributed by atoms with Crippen molar-refractivity contribution in [3.05, 3.63) is 72.6 Å². The summed E-state index contributed by atoms with van der Waals surface area (Å²) in [6, 6.07) is 13.2. The van der Waals surface area contributed by atoms with E-state index in [-0.39, 0.29) is 5.91 Å². The highest BCUT2D eigenvalue weighted by atomic mass is 16.5. The Morgan fingerprint density at radius 1 is 1.19 bits per heavy atom. The second kappa shape index (κ2) is 7.33. The van der Waals surface area contributed by atoms with E-state index < -0.39 is 0 Å². The van der Waals surface area contributed by atoms with Gasteiger partial charge in [-0.05, 0) is 24.3 Å². The maximum atomic E-state index is 13.1. The van der Waals surface area contributed by atoms with E-state index in [9.17, 15) is 4.79 Å². The molecule has 0 aliphatic heterocycles. The molecule has 0 radical (unpaired) electrons. The molecule has 4 rings (SSSR count). The predicted octanol–water partition coefficient (Wildman–Crippen LogP) is 2.99. The lowest BCUT2D eigenvalue weighted by atomic mass is 10.0. The number of para-hydroxylation sites is 1. The van der Waals surface area contributed by atoms with Crippen molar-refractivity contribution < 1.29 is 9.32 Å². The van der Waals surface area contributed by atoms with E-state index in [1.54, 1.807) is 24.3 Å². The van der Waals surface area contributed by atoms with Crippen LogP contribution in [0.5, 0.6) is 0 Å². The number of likely N-dealkylation sites (N-methyl/N-ethyl adjacent to an activating group) is 1. The van der Waals surface area contributed by atoms with Crippen LogP contribution in [0.1, 0.15) is 16.2 Å². The summed E-state index contributed by atoms with van der Waals surface area (Å²) < 4.78 is 4.74. The number of aromatic nitrogens is 4. The van der Waals surface area contributed by atoms with Gasteiger partial charge in [0.2, 0.25) is 6.39 Å². The van der Waals surface area contributed by atoms with Crippen LogP contribution < -0.4 is 0 Å². The smallest absolute Gasteiger partial charge is 0.254 e. The number of carbonyl (C=O) groups excluding carboxylic acids is 1. The first-order chi connectivity index (χ1) is 13.2. The Bertz CT molecular complexity index is 1060.